The van der Waals surface area contributed by atoms with Crippen LogP contribution in [0.5, 0.6) is 0 Å². The van der Waals surface area contributed by atoms with Gasteiger partial charge >= 0.3 is 6.03 Å². The molecule has 1 heterocycles. The van der Waals surface area contributed by atoms with Gasteiger partial charge in [0.1, 0.15) is 0 Å². The lowest BCUT2D eigenvalue weighted by molar-refractivity contribution is 0.211. The number of hydrogen-bond donors (Lipinski definition) is 1. The number of amides is 2. The molecule has 1 rings (SSSR count). The summed E-state index contributed by atoms with van der Waals surface area (Å²) in [7, 11) is 0. The van der Waals surface area contributed by atoms with Crippen LogP contribution in [0.3, 0.4) is 0 Å². The number of nitrogens with one attached hydrogen (secondary N) is 1. The molecule has 3 nitrogen and oxygen atoms in total. The third-order valence-electron chi connectivity index (χ3n) is 1.43. The highest BCUT2D eigenvalue weighted by molar-refractivity contribution is 5.74. The van der Waals surface area contributed by atoms with Crippen LogP contribution in [0.1, 0.15) is 6.92 Å². The van der Waals surface area contributed by atoms with Gasteiger partial charge in [-0.25, -0.2) is 4.79 Å². The number of hydrogen-bond acceptors (Lipinski definition) is 1. The predicted octanol–water partition coefficient (Wildman–Crippen LogP) is 0.588. The summed E-state index contributed by atoms with van der Waals surface area (Å²) < 4.78 is 0. The van der Waals surface area contributed by atoms with E-state index in [4.69, 9.17) is 0 Å². The van der Waals surface area contributed by atoms with E-state index in [0.717, 1.165) is 13.1 Å². The predicted molar refractivity (Wildman–Crippen MR) is 39.8 cm³/mol. The minimum Gasteiger partial charge on any atom is -0.338 e. The van der Waals surface area contributed by atoms with E-state index in [2.05, 4.69) is 5.32 Å². The fourth-order valence-electron chi connectivity index (χ4n) is 0.907. The van der Waals surface area contributed by atoms with E-state index in [1.54, 1.807) is 4.90 Å². The van der Waals surface area contributed by atoms with Crippen LogP contribution in [0.15, 0.2) is 12.2 Å². The van der Waals surface area contributed by atoms with Crippen LogP contribution in [0.2, 0.25) is 0 Å². The summed E-state index contributed by atoms with van der Waals surface area (Å²) in [5.74, 6) is 0. The lowest BCUT2D eigenvalue weighted by atomic mass is 10.6. The van der Waals surface area contributed by atoms with Crippen molar-refractivity contribution in [3.63, 3.8) is 0 Å². The summed E-state index contributed by atoms with van der Waals surface area (Å²) in [6.45, 7) is 4.13. The molecule has 0 fully saturated rings. The van der Waals surface area contributed by atoms with Gasteiger partial charge in [-0.15, -0.1) is 0 Å². The molecule has 0 bridgehead atoms. The van der Waals surface area contributed by atoms with Gasteiger partial charge in [-0.05, 0) is 6.92 Å². The van der Waals surface area contributed by atoms with Gasteiger partial charge in [0.25, 0.3) is 0 Å². The molecule has 0 aromatic rings. The first-order valence-electron chi connectivity index (χ1n) is 3.52. The maximum atomic E-state index is 11.0. The number of carbonyl (C=O) groups is 1. The van der Waals surface area contributed by atoms with E-state index in [0.29, 0.717) is 6.54 Å². The number of rotatable bonds is 1. The van der Waals surface area contributed by atoms with Crippen LogP contribution in [0, 0.1) is 0 Å². The summed E-state index contributed by atoms with van der Waals surface area (Å²) in [5, 5.41) is 2.73. The summed E-state index contributed by atoms with van der Waals surface area (Å²) in [6.07, 6.45) is 3.99. The highest BCUT2D eigenvalue weighted by Gasteiger charge is 2.11. The Bertz CT molecular complexity index is 146. The second-order valence-electron chi connectivity index (χ2n) is 2.21. The molecule has 0 unspecified atom stereocenters. The third-order valence-corrected chi connectivity index (χ3v) is 1.43. The second-order valence-corrected chi connectivity index (χ2v) is 2.21. The number of carbonyl (C=O) groups excluding carboxylic acids is 1. The highest BCUT2D eigenvalue weighted by Crippen LogP contribution is 1.97. The number of urea groups is 1. The molecule has 0 radical (unpaired) electrons. The van der Waals surface area contributed by atoms with Crippen molar-refractivity contribution in [1.82, 2.24) is 10.2 Å². The van der Waals surface area contributed by atoms with Crippen molar-refractivity contribution in [2.75, 3.05) is 19.6 Å². The Balaban J connectivity index is 2.28. The van der Waals surface area contributed by atoms with Gasteiger partial charge in [-0.3, -0.25) is 0 Å². The molecule has 0 aromatic heterocycles. The molecule has 3 heteroatoms. The van der Waals surface area contributed by atoms with Crippen LogP contribution in [0.25, 0.3) is 0 Å². The zero-order valence-corrected chi connectivity index (χ0v) is 6.13. The van der Waals surface area contributed by atoms with Crippen molar-refractivity contribution in [3.05, 3.63) is 12.2 Å². The lowest BCUT2D eigenvalue weighted by Gasteiger charge is -2.14. The zero-order chi connectivity index (χ0) is 7.40. The van der Waals surface area contributed by atoms with E-state index in [1.165, 1.54) is 0 Å². The Morgan fingerprint density at radius 1 is 1.60 bits per heavy atom. The first-order valence-corrected chi connectivity index (χ1v) is 3.52. The Morgan fingerprint density at radius 3 is 2.70 bits per heavy atom. The van der Waals surface area contributed by atoms with Crippen LogP contribution in [-0.2, 0) is 0 Å². The maximum Gasteiger partial charge on any atom is 0.317 e. The van der Waals surface area contributed by atoms with Crippen LogP contribution in [-0.4, -0.2) is 30.6 Å². The van der Waals surface area contributed by atoms with Gasteiger partial charge in [0.2, 0.25) is 0 Å². The molecule has 1 aliphatic rings. The standard InChI is InChI=1S/C7H12N2O/c1-2-8-7(10)9-5-3-4-6-9/h3-4H,2,5-6H2,1H3,(H,8,10). The van der Waals surface area contributed by atoms with Crippen molar-refractivity contribution in [1.29, 1.82) is 0 Å². The normalized spacial score (nSPS) is 15.9. The molecule has 0 saturated carbocycles. The number of nitrogens with zero attached hydrogens (tertiary/aromatic N) is 1. The van der Waals surface area contributed by atoms with E-state index >= 15 is 0 Å². The van der Waals surface area contributed by atoms with Gasteiger partial charge in [0, 0.05) is 19.6 Å². The fourth-order valence-corrected chi connectivity index (χ4v) is 0.907. The molecular formula is C7H12N2O. The Hall–Kier alpha value is -0.990. The van der Waals surface area contributed by atoms with Gasteiger partial charge in [0.05, 0.1) is 0 Å². The first-order chi connectivity index (χ1) is 4.84. The molecule has 0 aliphatic carbocycles. The Kier molecular flexibility index (Phi) is 2.31. The fraction of sp³-hybridized carbons (Fsp3) is 0.571. The molecule has 1 N–H and O–H groups in total. The SMILES string of the molecule is CCNC(=O)N1CC=CC1. The summed E-state index contributed by atoms with van der Waals surface area (Å²) in [4.78, 5) is 12.8. The zero-order valence-electron chi connectivity index (χ0n) is 6.13. The molecule has 0 atom stereocenters. The monoisotopic (exact) mass is 140 g/mol. The highest BCUT2D eigenvalue weighted by atomic mass is 16.2. The topological polar surface area (TPSA) is 32.3 Å². The molecule has 0 aromatic carbocycles. The Labute approximate surface area is 60.7 Å². The Morgan fingerprint density at radius 2 is 2.20 bits per heavy atom. The van der Waals surface area contributed by atoms with Gasteiger partial charge in [-0.1, -0.05) is 12.2 Å². The maximum absolute atomic E-state index is 11.0. The van der Waals surface area contributed by atoms with Crippen molar-refractivity contribution in [2.45, 2.75) is 6.92 Å². The van der Waals surface area contributed by atoms with Gasteiger partial charge in [-0.2, -0.15) is 0 Å². The van der Waals surface area contributed by atoms with Crippen LogP contribution >= 0.6 is 0 Å². The van der Waals surface area contributed by atoms with E-state index in [9.17, 15) is 4.79 Å². The molecule has 1 aliphatic heterocycles. The quantitative estimate of drug-likeness (QED) is 0.531. The smallest absolute Gasteiger partial charge is 0.317 e. The second kappa shape index (κ2) is 3.25. The van der Waals surface area contributed by atoms with E-state index in [-0.39, 0.29) is 6.03 Å². The van der Waals surface area contributed by atoms with Crippen molar-refractivity contribution >= 4 is 6.03 Å². The van der Waals surface area contributed by atoms with Crippen molar-refractivity contribution < 1.29 is 4.79 Å². The average Bonchev–Trinajstić information content (AvgIpc) is 2.38. The molecule has 0 saturated heterocycles. The van der Waals surface area contributed by atoms with Gasteiger partial charge in [0.15, 0.2) is 0 Å². The molecule has 0 spiro atoms. The first kappa shape index (κ1) is 7.12. The minimum absolute atomic E-state index is 0.0347. The third kappa shape index (κ3) is 1.50. The largest absolute Gasteiger partial charge is 0.338 e. The summed E-state index contributed by atoms with van der Waals surface area (Å²) in [5.41, 5.74) is 0. The van der Waals surface area contributed by atoms with Crippen molar-refractivity contribution in [2.24, 2.45) is 0 Å². The van der Waals surface area contributed by atoms with Gasteiger partial charge < -0.3 is 10.2 Å². The van der Waals surface area contributed by atoms with Crippen LogP contribution in [0.4, 0.5) is 4.79 Å². The van der Waals surface area contributed by atoms with Crippen LogP contribution < -0.4 is 5.32 Å². The van der Waals surface area contributed by atoms with E-state index in [1.807, 2.05) is 19.1 Å². The molecule has 10 heavy (non-hydrogen) atoms. The van der Waals surface area contributed by atoms with E-state index < -0.39 is 0 Å². The minimum atomic E-state index is 0.0347. The summed E-state index contributed by atoms with van der Waals surface area (Å²) in [6, 6.07) is 0.0347. The van der Waals surface area contributed by atoms with Crippen molar-refractivity contribution in [3.8, 4) is 0 Å². The lowest BCUT2D eigenvalue weighted by Crippen LogP contribution is -2.37. The summed E-state index contributed by atoms with van der Waals surface area (Å²) >= 11 is 0. The molecular weight excluding hydrogens is 128 g/mol. The molecule has 2 amide bonds. The molecule has 56 valence electrons. The average molecular weight is 140 g/mol.